The number of fused-ring (bicyclic) bond motifs is 1. The number of nitrogens with two attached hydrogens (primary N) is 1. The first-order valence-corrected chi connectivity index (χ1v) is 5.96. The zero-order valence-electron chi connectivity index (χ0n) is 11.1. The SMILES string of the molecule is CCOC(=O)[C@@H](N)Cc1cnc2ccccc2c1.Cl.Cl. The number of esters is 1. The standard InChI is InChI=1S/C14H16N2O2.2ClH/c1-2-18-14(17)12(15)8-10-7-11-5-3-4-6-13(11)16-9-10;;/h3-7,9,12H,2,8,15H2,1H3;2*1H/t12-;;/m0../s1. The smallest absolute Gasteiger partial charge is 0.323 e. The predicted octanol–water partition coefficient (Wildman–Crippen LogP) is 2.51. The molecule has 20 heavy (non-hydrogen) atoms. The molecule has 1 aromatic heterocycles. The Balaban J connectivity index is 0.00000180. The second kappa shape index (κ2) is 8.74. The van der Waals surface area contributed by atoms with E-state index in [1.165, 1.54) is 0 Å². The largest absolute Gasteiger partial charge is 0.465 e. The van der Waals surface area contributed by atoms with Gasteiger partial charge in [-0.05, 0) is 31.0 Å². The highest BCUT2D eigenvalue weighted by molar-refractivity contribution is 5.85. The van der Waals surface area contributed by atoms with Gasteiger partial charge in [0.2, 0.25) is 0 Å². The van der Waals surface area contributed by atoms with Gasteiger partial charge < -0.3 is 10.5 Å². The molecule has 2 rings (SSSR count). The topological polar surface area (TPSA) is 65.2 Å². The van der Waals surface area contributed by atoms with Gasteiger partial charge in [-0.1, -0.05) is 18.2 Å². The number of nitrogens with zero attached hydrogens (tertiary/aromatic N) is 1. The average Bonchev–Trinajstić information content (AvgIpc) is 2.39. The molecule has 2 N–H and O–H groups in total. The van der Waals surface area contributed by atoms with Gasteiger partial charge in [-0.3, -0.25) is 9.78 Å². The van der Waals surface area contributed by atoms with E-state index >= 15 is 0 Å². The van der Waals surface area contributed by atoms with Crippen molar-refractivity contribution < 1.29 is 9.53 Å². The summed E-state index contributed by atoms with van der Waals surface area (Å²) in [5.41, 5.74) is 7.65. The molecule has 0 fully saturated rings. The van der Waals surface area contributed by atoms with Gasteiger partial charge in [0, 0.05) is 11.6 Å². The van der Waals surface area contributed by atoms with E-state index in [0.717, 1.165) is 16.5 Å². The zero-order chi connectivity index (χ0) is 13.0. The van der Waals surface area contributed by atoms with Crippen molar-refractivity contribution in [1.29, 1.82) is 0 Å². The van der Waals surface area contributed by atoms with Gasteiger partial charge in [0.25, 0.3) is 0 Å². The molecule has 0 aliphatic carbocycles. The van der Waals surface area contributed by atoms with E-state index in [1.807, 2.05) is 30.3 Å². The summed E-state index contributed by atoms with van der Waals surface area (Å²) in [5, 5.41) is 1.05. The first kappa shape index (κ1) is 18.6. The number of hydrogen-bond acceptors (Lipinski definition) is 4. The molecular weight excluding hydrogens is 299 g/mol. The monoisotopic (exact) mass is 316 g/mol. The second-order valence-corrected chi connectivity index (χ2v) is 4.10. The number of carbonyl (C=O) groups excluding carboxylic acids is 1. The highest BCUT2D eigenvalue weighted by atomic mass is 35.5. The fourth-order valence-corrected chi connectivity index (χ4v) is 1.81. The van der Waals surface area contributed by atoms with Gasteiger partial charge in [0.05, 0.1) is 12.1 Å². The molecule has 0 aliphatic heterocycles. The van der Waals surface area contributed by atoms with Crippen molar-refractivity contribution in [2.45, 2.75) is 19.4 Å². The van der Waals surface area contributed by atoms with Crippen LogP contribution in [-0.2, 0) is 16.0 Å². The summed E-state index contributed by atoms with van der Waals surface area (Å²) in [7, 11) is 0. The van der Waals surface area contributed by atoms with Gasteiger partial charge in [-0.15, -0.1) is 24.8 Å². The van der Waals surface area contributed by atoms with Crippen LogP contribution in [0.2, 0.25) is 0 Å². The summed E-state index contributed by atoms with van der Waals surface area (Å²) in [4.78, 5) is 15.8. The molecule has 0 aliphatic rings. The van der Waals surface area contributed by atoms with Crippen molar-refractivity contribution in [2.75, 3.05) is 6.61 Å². The molecule has 1 atom stereocenters. The van der Waals surface area contributed by atoms with Gasteiger partial charge in [-0.25, -0.2) is 0 Å². The number of ether oxygens (including phenoxy) is 1. The lowest BCUT2D eigenvalue weighted by atomic mass is 10.1. The maximum absolute atomic E-state index is 11.4. The summed E-state index contributed by atoms with van der Waals surface area (Å²) in [5.74, 6) is -0.370. The molecule has 110 valence electrons. The van der Waals surface area contributed by atoms with Gasteiger partial charge in [0.1, 0.15) is 6.04 Å². The molecule has 1 aromatic carbocycles. The Morgan fingerprint density at radius 1 is 1.35 bits per heavy atom. The molecule has 6 heteroatoms. The Morgan fingerprint density at radius 3 is 2.75 bits per heavy atom. The molecule has 4 nitrogen and oxygen atoms in total. The third kappa shape index (κ3) is 4.63. The molecule has 0 saturated carbocycles. The Hall–Kier alpha value is -1.36. The molecule has 1 heterocycles. The van der Waals surface area contributed by atoms with E-state index in [2.05, 4.69) is 4.98 Å². The first-order valence-electron chi connectivity index (χ1n) is 5.96. The lowest BCUT2D eigenvalue weighted by Gasteiger charge is -2.10. The minimum atomic E-state index is -0.632. The van der Waals surface area contributed by atoms with Crippen molar-refractivity contribution in [1.82, 2.24) is 4.98 Å². The first-order chi connectivity index (χ1) is 8.70. The van der Waals surface area contributed by atoms with Crippen LogP contribution in [0.25, 0.3) is 10.9 Å². The molecule has 0 amide bonds. The van der Waals surface area contributed by atoms with E-state index in [4.69, 9.17) is 10.5 Å². The Morgan fingerprint density at radius 2 is 2.05 bits per heavy atom. The summed E-state index contributed by atoms with van der Waals surface area (Å²) < 4.78 is 4.88. The van der Waals surface area contributed by atoms with Crippen LogP contribution in [0.5, 0.6) is 0 Å². The third-order valence-electron chi connectivity index (χ3n) is 2.69. The van der Waals surface area contributed by atoms with Crippen molar-refractivity contribution >= 4 is 41.7 Å². The second-order valence-electron chi connectivity index (χ2n) is 4.10. The van der Waals surface area contributed by atoms with Crippen molar-refractivity contribution in [3.63, 3.8) is 0 Å². The normalized spacial score (nSPS) is 11.1. The van der Waals surface area contributed by atoms with Crippen LogP contribution in [0.15, 0.2) is 36.5 Å². The third-order valence-corrected chi connectivity index (χ3v) is 2.69. The van der Waals surface area contributed by atoms with E-state index in [1.54, 1.807) is 13.1 Å². The number of carbonyl (C=O) groups is 1. The van der Waals surface area contributed by atoms with E-state index in [-0.39, 0.29) is 30.8 Å². The van der Waals surface area contributed by atoms with Crippen LogP contribution in [0.3, 0.4) is 0 Å². The Kier molecular flexibility index (Phi) is 8.15. The molecular formula is C14H18Cl2N2O2. The van der Waals surface area contributed by atoms with Crippen LogP contribution in [0.1, 0.15) is 12.5 Å². The predicted molar refractivity (Wildman–Crippen MR) is 84.6 cm³/mol. The molecule has 0 bridgehead atoms. The number of para-hydroxylation sites is 1. The summed E-state index contributed by atoms with van der Waals surface area (Å²) >= 11 is 0. The van der Waals surface area contributed by atoms with Crippen LogP contribution in [-0.4, -0.2) is 23.6 Å². The van der Waals surface area contributed by atoms with Crippen LogP contribution < -0.4 is 5.73 Å². The minimum absolute atomic E-state index is 0. The number of aromatic nitrogens is 1. The van der Waals surface area contributed by atoms with E-state index in [9.17, 15) is 4.79 Å². The summed E-state index contributed by atoms with van der Waals surface area (Å²) in [6.07, 6.45) is 2.19. The Labute approximate surface area is 130 Å². The summed E-state index contributed by atoms with van der Waals surface area (Å²) in [6, 6.07) is 9.21. The molecule has 0 spiro atoms. The maximum Gasteiger partial charge on any atom is 0.323 e. The lowest BCUT2D eigenvalue weighted by Crippen LogP contribution is -2.34. The van der Waals surface area contributed by atoms with E-state index < -0.39 is 6.04 Å². The maximum atomic E-state index is 11.4. The fourth-order valence-electron chi connectivity index (χ4n) is 1.81. The van der Waals surface area contributed by atoms with Crippen LogP contribution in [0, 0.1) is 0 Å². The highest BCUT2D eigenvalue weighted by Crippen LogP contribution is 2.13. The molecule has 0 saturated heterocycles. The lowest BCUT2D eigenvalue weighted by molar-refractivity contribution is -0.144. The van der Waals surface area contributed by atoms with Gasteiger partial charge in [-0.2, -0.15) is 0 Å². The average molecular weight is 317 g/mol. The zero-order valence-corrected chi connectivity index (χ0v) is 12.7. The minimum Gasteiger partial charge on any atom is -0.465 e. The quantitative estimate of drug-likeness (QED) is 0.880. The van der Waals surface area contributed by atoms with Crippen LogP contribution >= 0.6 is 24.8 Å². The highest BCUT2D eigenvalue weighted by Gasteiger charge is 2.15. The number of hydrogen-bond donors (Lipinski definition) is 1. The molecule has 2 aromatic rings. The van der Waals surface area contributed by atoms with Crippen molar-refractivity contribution in [2.24, 2.45) is 5.73 Å². The van der Waals surface area contributed by atoms with Gasteiger partial charge >= 0.3 is 5.97 Å². The summed E-state index contributed by atoms with van der Waals surface area (Å²) in [6.45, 7) is 2.12. The van der Waals surface area contributed by atoms with Crippen molar-refractivity contribution in [3.8, 4) is 0 Å². The number of rotatable bonds is 4. The van der Waals surface area contributed by atoms with Crippen LogP contribution in [0.4, 0.5) is 0 Å². The number of pyridine rings is 1. The van der Waals surface area contributed by atoms with Gasteiger partial charge in [0.15, 0.2) is 0 Å². The Bertz CT molecular complexity index is 564. The van der Waals surface area contributed by atoms with E-state index in [0.29, 0.717) is 13.0 Å². The molecule has 0 unspecified atom stereocenters. The molecule has 0 radical (unpaired) electrons. The fraction of sp³-hybridized carbons (Fsp3) is 0.286. The number of halogens is 2. The number of benzene rings is 1. The van der Waals surface area contributed by atoms with Crippen molar-refractivity contribution in [3.05, 3.63) is 42.1 Å².